The Balaban J connectivity index is 2.05. The summed E-state index contributed by atoms with van der Waals surface area (Å²) in [5.74, 6) is 1.32. The van der Waals surface area contributed by atoms with Gasteiger partial charge in [-0.25, -0.2) is 4.98 Å². The van der Waals surface area contributed by atoms with E-state index in [9.17, 15) is 0 Å². The smallest absolute Gasteiger partial charge is 0.219 e. The van der Waals surface area contributed by atoms with E-state index in [1.165, 1.54) is 0 Å². The molecular formula is C12H12N2O2. The number of ether oxygens (including phenoxy) is 2. The van der Waals surface area contributed by atoms with E-state index in [1.807, 2.05) is 24.3 Å². The average molecular weight is 216 g/mol. The number of hydrogen-bond acceptors (Lipinski definition) is 4. The van der Waals surface area contributed by atoms with Gasteiger partial charge in [0.25, 0.3) is 0 Å². The van der Waals surface area contributed by atoms with Crippen LogP contribution >= 0.6 is 0 Å². The van der Waals surface area contributed by atoms with Crippen LogP contribution in [-0.2, 0) is 6.61 Å². The Morgan fingerprint density at radius 3 is 2.81 bits per heavy atom. The molecule has 4 heteroatoms. The van der Waals surface area contributed by atoms with Crippen LogP contribution in [0.25, 0.3) is 0 Å². The molecule has 0 radical (unpaired) electrons. The highest BCUT2D eigenvalue weighted by Gasteiger charge is 2.03. The van der Waals surface area contributed by atoms with E-state index in [4.69, 9.17) is 9.47 Å². The minimum Gasteiger partial charge on any atom is -0.487 e. The van der Waals surface area contributed by atoms with Gasteiger partial charge in [-0.1, -0.05) is 0 Å². The first-order valence-electron chi connectivity index (χ1n) is 4.91. The lowest BCUT2D eigenvalue weighted by atomic mass is 10.3. The maximum atomic E-state index is 5.55. The Morgan fingerprint density at radius 2 is 2.06 bits per heavy atom. The Bertz CT molecular complexity index is 446. The predicted octanol–water partition coefficient (Wildman–Crippen LogP) is 2.06. The van der Waals surface area contributed by atoms with Gasteiger partial charge < -0.3 is 9.47 Å². The van der Waals surface area contributed by atoms with E-state index in [2.05, 4.69) is 9.97 Å². The van der Waals surface area contributed by atoms with E-state index in [1.54, 1.807) is 25.7 Å². The van der Waals surface area contributed by atoms with Crippen LogP contribution in [0.2, 0.25) is 0 Å². The summed E-state index contributed by atoms with van der Waals surface area (Å²) >= 11 is 0. The van der Waals surface area contributed by atoms with Gasteiger partial charge >= 0.3 is 0 Å². The molecule has 0 spiro atoms. The fourth-order valence-electron chi connectivity index (χ4n) is 1.31. The van der Waals surface area contributed by atoms with Crippen molar-refractivity contribution >= 4 is 0 Å². The monoisotopic (exact) mass is 216 g/mol. The number of aromatic nitrogens is 2. The highest BCUT2D eigenvalue weighted by molar-refractivity contribution is 5.25. The average Bonchev–Trinajstić information content (AvgIpc) is 2.38. The van der Waals surface area contributed by atoms with Gasteiger partial charge in [0.2, 0.25) is 5.88 Å². The van der Waals surface area contributed by atoms with Crippen LogP contribution in [0.15, 0.2) is 42.9 Å². The first-order chi connectivity index (χ1) is 7.90. The number of pyridine rings is 2. The first kappa shape index (κ1) is 10.4. The Hall–Kier alpha value is -2.10. The van der Waals surface area contributed by atoms with Crippen LogP contribution < -0.4 is 9.47 Å². The van der Waals surface area contributed by atoms with Gasteiger partial charge in [-0.2, -0.15) is 0 Å². The largest absolute Gasteiger partial charge is 0.487 e. The SMILES string of the molecule is COc1ncccc1COc1cccnc1. The van der Waals surface area contributed by atoms with Gasteiger partial charge in [0.05, 0.1) is 18.9 Å². The molecule has 0 unspecified atom stereocenters. The second-order valence-corrected chi connectivity index (χ2v) is 3.15. The van der Waals surface area contributed by atoms with Crippen LogP contribution in [-0.4, -0.2) is 17.1 Å². The normalized spacial score (nSPS) is 9.81. The predicted molar refractivity (Wildman–Crippen MR) is 59.4 cm³/mol. The molecule has 0 saturated heterocycles. The summed E-state index contributed by atoms with van der Waals surface area (Å²) in [7, 11) is 1.59. The zero-order valence-electron chi connectivity index (χ0n) is 8.96. The second kappa shape index (κ2) is 5.11. The highest BCUT2D eigenvalue weighted by Crippen LogP contribution is 2.16. The first-order valence-corrected chi connectivity index (χ1v) is 4.91. The summed E-state index contributed by atoms with van der Waals surface area (Å²) in [5, 5.41) is 0. The van der Waals surface area contributed by atoms with Gasteiger partial charge in [-0.15, -0.1) is 0 Å². The molecule has 0 amide bonds. The molecule has 16 heavy (non-hydrogen) atoms. The molecule has 0 aliphatic heterocycles. The van der Waals surface area contributed by atoms with Crippen molar-refractivity contribution in [2.24, 2.45) is 0 Å². The summed E-state index contributed by atoms with van der Waals surface area (Å²) < 4.78 is 10.7. The fraction of sp³-hybridized carbons (Fsp3) is 0.167. The Kier molecular flexibility index (Phi) is 3.33. The Labute approximate surface area is 93.9 Å². The quantitative estimate of drug-likeness (QED) is 0.784. The molecule has 0 aliphatic carbocycles. The molecule has 0 bridgehead atoms. The third kappa shape index (κ3) is 2.48. The van der Waals surface area contributed by atoms with Crippen LogP contribution in [0.3, 0.4) is 0 Å². The summed E-state index contributed by atoms with van der Waals surface area (Å²) in [6.45, 7) is 0.419. The van der Waals surface area contributed by atoms with E-state index in [0.29, 0.717) is 12.5 Å². The summed E-state index contributed by atoms with van der Waals surface area (Å²) in [5.41, 5.74) is 0.911. The molecule has 82 valence electrons. The zero-order chi connectivity index (χ0) is 11.2. The van der Waals surface area contributed by atoms with Gasteiger partial charge in [-0.3, -0.25) is 4.98 Å². The topological polar surface area (TPSA) is 44.2 Å². The Morgan fingerprint density at radius 1 is 1.19 bits per heavy atom. The lowest BCUT2D eigenvalue weighted by molar-refractivity contribution is 0.293. The molecule has 2 aromatic heterocycles. The minimum atomic E-state index is 0.419. The maximum absolute atomic E-state index is 5.55. The molecule has 0 atom stereocenters. The van der Waals surface area contributed by atoms with Crippen molar-refractivity contribution in [2.75, 3.05) is 7.11 Å². The standard InChI is InChI=1S/C12H12N2O2/c1-15-12-10(4-2-7-14-12)9-16-11-5-3-6-13-8-11/h2-8H,9H2,1H3. The van der Waals surface area contributed by atoms with Crippen molar-refractivity contribution in [3.05, 3.63) is 48.4 Å². The molecule has 2 heterocycles. The van der Waals surface area contributed by atoms with Gasteiger partial charge in [0, 0.05) is 12.4 Å². The van der Waals surface area contributed by atoms with Crippen molar-refractivity contribution in [3.63, 3.8) is 0 Å². The molecule has 0 saturated carbocycles. The third-order valence-corrected chi connectivity index (χ3v) is 2.07. The van der Waals surface area contributed by atoms with Crippen molar-refractivity contribution in [3.8, 4) is 11.6 Å². The molecule has 0 aliphatic rings. The fourth-order valence-corrected chi connectivity index (χ4v) is 1.31. The summed E-state index contributed by atoms with van der Waals surface area (Å²) in [6.07, 6.45) is 5.06. The third-order valence-electron chi connectivity index (χ3n) is 2.07. The molecule has 0 N–H and O–H groups in total. The summed E-state index contributed by atoms with van der Waals surface area (Å²) in [6, 6.07) is 7.46. The van der Waals surface area contributed by atoms with E-state index < -0.39 is 0 Å². The van der Waals surface area contributed by atoms with Crippen LogP contribution in [0, 0.1) is 0 Å². The number of rotatable bonds is 4. The molecular weight excluding hydrogens is 204 g/mol. The van der Waals surface area contributed by atoms with E-state index in [0.717, 1.165) is 11.3 Å². The van der Waals surface area contributed by atoms with Gasteiger partial charge in [0.15, 0.2) is 0 Å². The van der Waals surface area contributed by atoms with E-state index in [-0.39, 0.29) is 0 Å². The highest BCUT2D eigenvalue weighted by atomic mass is 16.5. The van der Waals surface area contributed by atoms with Crippen molar-refractivity contribution in [2.45, 2.75) is 6.61 Å². The lowest BCUT2D eigenvalue weighted by Crippen LogP contribution is -2.00. The number of hydrogen-bond donors (Lipinski definition) is 0. The van der Waals surface area contributed by atoms with Crippen molar-refractivity contribution in [1.29, 1.82) is 0 Å². The number of methoxy groups -OCH3 is 1. The van der Waals surface area contributed by atoms with Crippen molar-refractivity contribution < 1.29 is 9.47 Å². The molecule has 4 nitrogen and oxygen atoms in total. The molecule has 0 fully saturated rings. The molecule has 2 aromatic rings. The van der Waals surface area contributed by atoms with Gasteiger partial charge in [-0.05, 0) is 24.3 Å². The van der Waals surface area contributed by atoms with Crippen LogP contribution in [0.4, 0.5) is 0 Å². The van der Waals surface area contributed by atoms with Crippen LogP contribution in [0.5, 0.6) is 11.6 Å². The van der Waals surface area contributed by atoms with Crippen molar-refractivity contribution in [1.82, 2.24) is 9.97 Å². The molecule has 2 rings (SSSR count). The van der Waals surface area contributed by atoms with Gasteiger partial charge in [0.1, 0.15) is 12.4 Å². The number of nitrogens with zero attached hydrogens (tertiary/aromatic N) is 2. The summed E-state index contributed by atoms with van der Waals surface area (Å²) in [4.78, 5) is 8.06. The maximum Gasteiger partial charge on any atom is 0.219 e. The minimum absolute atomic E-state index is 0.419. The van der Waals surface area contributed by atoms with Crippen LogP contribution in [0.1, 0.15) is 5.56 Å². The lowest BCUT2D eigenvalue weighted by Gasteiger charge is -2.08. The second-order valence-electron chi connectivity index (χ2n) is 3.15. The molecule has 0 aromatic carbocycles. The van der Waals surface area contributed by atoms with E-state index >= 15 is 0 Å². The zero-order valence-corrected chi connectivity index (χ0v) is 8.96.